The molecule has 0 saturated heterocycles. The highest BCUT2D eigenvalue weighted by atomic mass is 16.5. The molecule has 0 bridgehead atoms. The van der Waals surface area contributed by atoms with E-state index in [2.05, 4.69) is 0 Å². The van der Waals surface area contributed by atoms with Gasteiger partial charge in [-0.25, -0.2) is 0 Å². The Balaban J connectivity index is 2.38. The molecule has 20 heavy (non-hydrogen) atoms. The van der Waals surface area contributed by atoms with Gasteiger partial charge in [-0.15, -0.1) is 0 Å². The second-order valence-electron chi connectivity index (χ2n) is 4.39. The van der Waals surface area contributed by atoms with E-state index in [-0.39, 0.29) is 30.1 Å². The topological polar surface area (TPSA) is 83.8 Å². The van der Waals surface area contributed by atoms with Crippen molar-refractivity contribution >= 4 is 22.5 Å². The van der Waals surface area contributed by atoms with Crippen molar-refractivity contribution in [3.63, 3.8) is 0 Å². The van der Waals surface area contributed by atoms with Gasteiger partial charge in [0.15, 0.2) is 5.78 Å². The molecule has 0 unspecified atom stereocenters. The third kappa shape index (κ3) is 2.88. The average molecular weight is 274 g/mol. The summed E-state index contributed by atoms with van der Waals surface area (Å²) < 4.78 is 5.33. The number of hydrogen-bond donors (Lipinski definition) is 2. The Morgan fingerprint density at radius 2 is 1.90 bits per heavy atom. The number of hydrogen-bond acceptors (Lipinski definition) is 4. The van der Waals surface area contributed by atoms with Gasteiger partial charge in [0.25, 0.3) is 0 Å². The molecule has 2 rings (SSSR count). The number of carboxylic acid groups (broad SMARTS) is 1. The maximum absolute atomic E-state index is 11.6. The second-order valence-corrected chi connectivity index (χ2v) is 4.39. The molecule has 0 aromatic heterocycles. The molecule has 0 aliphatic heterocycles. The van der Waals surface area contributed by atoms with Crippen LogP contribution in [0.25, 0.3) is 10.8 Å². The quantitative estimate of drug-likeness (QED) is 0.819. The largest absolute Gasteiger partial charge is 0.507 e. The van der Waals surface area contributed by atoms with Crippen molar-refractivity contribution in [2.75, 3.05) is 6.61 Å². The summed E-state index contributed by atoms with van der Waals surface area (Å²) in [4.78, 5) is 22.0. The molecular formula is C15H14O5. The van der Waals surface area contributed by atoms with E-state index in [0.29, 0.717) is 11.1 Å². The van der Waals surface area contributed by atoms with E-state index in [0.717, 1.165) is 5.39 Å². The lowest BCUT2D eigenvalue weighted by molar-refractivity contribution is -0.137. The number of aromatic hydroxyl groups is 1. The summed E-state index contributed by atoms with van der Waals surface area (Å²) in [6.07, 6.45) is -0.0996. The Morgan fingerprint density at radius 1 is 1.20 bits per heavy atom. The zero-order chi connectivity index (χ0) is 14.7. The number of carbonyl (C=O) groups excluding carboxylic acids is 1. The number of aliphatic carboxylic acids is 1. The molecule has 0 amide bonds. The highest BCUT2D eigenvalue weighted by Gasteiger charge is 2.12. The predicted molar refractivity (Wildman–Crippen MR) is 73.4 cm³/mol. The third-order valence-corrected chi connectivity index (χ3v) is 2.91. The van der Waals surface area contributed by atoms with Gasteiger partial charge >= 0.3 is 5.97 Å². The summed E-state index contributed by atoms with van der Waals surface area (Å²) >= 11 is 0. The summed E-state index contributed by atoms with van der Waals surface area (Å²) in [7, 11) is 0. The fourth-order valence-corrected chi connectivity index (χ4v) is 2.00. The molecule has 0 aliphatic carbocycles. The number of phenols is 1. The standard InChI is InChI=1S/C15H14O5/c1-9(16)15-12-8-11(20-7-6-14(18)19)4-2-10(12)3-5-13(15)17/h2-5,8,17H,6-7H2,1H3,(H,18,19). The fourth-order valence-electron chi connectivity index (χ4n) is 2.00. The van der Waals surface area contributed by atoms with Crippen LogP contribution in [0.2, 0.25) is 0 Å². The molecule has 2 aromatic carbocycles. The molecule has 0 aliphatic rings. The predicted octanol–water partition coefficient (Wildman–Crippen LogP) is 2.60. The first kappa shape index (κ1) is 13.9. The molecule has 0 radical (unpaired) electrons. The zero-order valence-electron chi connectivity index (χ0n) is 10.9. The summed E-state index contributed by atoms with van der Waals surface area (Å²) in [5, 5.41) is 19.7. The maximum atomic E-state index is 11.6. The lowest BCUT2D eigenvalue weighted by atomic mass is 10.0. The number of benzene rings is 2. The molecule has 0 heterocycles. The van der Waals surface area contributed by atoms with Crippen LogP contribution in [0.5, 0.6) is 11.5 Å². The number of phenolic OH excluding ortho intramolecular Hbond substituents is 1. The highest BCUT2D eigenvalue weighted by molar-refractivity contribution is 6.09. The van der Waals surface area contributed by atoms with Crippen LogP contribution in [0.4, 0.5) is 0 Å². The summed E-state index contributed by atoms with van der Waals surface area (Å²) in [5.41, 5.74) is 0.242. The number of ketones is 1. The minimum Gasteiger partial charge on any atom is -0.507 e. The van der Waals surface area contributed by atoms with Crippen LogP contribution in [0.15, 0.2) is 30.3 Å². The lowest BCUT2D eigenvalue weighted by Crippen LogP contribution is -2.04. The minimum atomic E-state index is -0.937. The molecular weight excluding hydrogens is 260 g/mol. The first-order valence-corrected chi connectivity index (χ1v) is 6.10. The molecule has 0 spiro atoms. The van der Waals surface area contributed by atoms with E-state index in [1.165, 1.54) is 13.0 Å². The molecule has 0 fully saturated rings. The second kappa shape index (κ2) is 5.61. The van der Waals surface area contributed by atoms with Crippen molar-refractivity contribution in [2.45, 2.75) is 13.3 Å². The van der Waals surface area contributed by atoms with Gasteiger partial charge in [-0.05, 0) is 35.9 Å². The first-order valence-electron chi connectivity index (χ1n) is 6.10. The van der Waals surface area contributed by atoms with E-state index in [1.807, 2.05) is 0 Å². The van der Waals surface area contributed by atoms with Gasteiger partial charge in [-0.3, -0.25) is 9.59 Å². The molecule has 5 heteroatoms. The van der Waals surface area contributed by atoms with Crippen molar-refractivity contribution in [1.82, 2.24) is 0 Å². The van der Waals surface area contributed by atoms with Gasteiger partial charge in [0.1, 0.15) is 11.5 Å². The fraction of sp³-hybridized carbons (Fsp3) is 0.200. The Bertz CT molecular complexity index is 675. The number of fused-ring (bicyclic) bond motifs is 1. The van der Waals surface area contributed by atoms with Crippen LogP contribution in [-0.4, -0.2) is 28.6 Å². The normalized spacial score (nSPS) is 10.4. The van der Waals surface area contributed by atoms with E-state index >= 15 is 0 Å². The van der Waals surface area contributed by atoms with E-state index in [9.17, 15) is 14.7 Å². The average Bonchev–Trinajstić information content (AvgIpc) is 2.37. The van der Waals surface area contributed by atoms with Crippen molar-refractivity contribution in [3.05, 3.63) is 35.9 Å². The van der Waals surface area contributed by atoms with Crippen LogP contribution in [-0.2, 0) is 4.79 Å². The summed E-state index contributed by atoms with van der Waals surface area (Å²) in [5.74, 6) is -0.789. The highest BCUT2D eigenvalue weighted by Crippen LogP contribution is 2.30. The Labute approximate surface area is 115 Å². The van der Waals surface area contributed by atoms with Gasteiger partial charge in [-0.2, -0.15) is 0 Å². The maximum Gasteiger partial charge on any atom is 0.306 e. The molecule has 104 valence electrons. The Kier molecular flexibility index (Phi) is 3.89. The SMILES string of the molecule is CC(=O)c1c(O)ccc2ccc(OCCC(=O)O)cc12. The number of ether oxygens (including phenoxy) is 1. The van der Waals surface area contributed by atoms with Crippen LogP contribution in [0.3, 0.4) is 0 Å². The molecule has 0 saturated carbocycles. The van der Waals surface area contributed by atoms with Gasteiger partial charge in [0.05, 0.1) is 18.6 Å². The van der Waals surface area contributed by atoms with Gasteiger partial charge in [0, 0.05) is 0 Å². The van der Waals surface area contributed by atoms with Gasteiger partial charge in [0.2, 0.25) is 0 Å². The Morgan fingerprint density at radius 3 is 2.55 bits per heavy atom. The van der Waals surface area contributed by atoms with Crippen LogP contribution in [0, 0.1) is 0 Å². The number of carboxylic acids is 1. The number of Topliss-reactive ketones (excluding diaryl/α,β-unsaturated/α-hetero) is 1. The van der Waals surface area contributed by atoms with Crippen LogP contribution in [0.1, 0.15) is 23.7 Å². The van der Waals surface area contributed by atoms with Crippen molar-refractivity contribution in [2.24, 2.45) is 0 Å². The van der Waals surface area contributed by atoms with Crippen LogP contribution < -0.4 is 4.74 Å². The smallest absolute Gasteiger partial charge is 0.306 e. The van der Waals surface area contributed by atoms with E-state index < -0.39 is 5.97 Å². The van der Waals surface area contributed by atoms with Crippen molar-refractivity contribution in [3.8, 4) is 11.5 Å². The summed E-state index contributed by atoms with van der Waals surface area (Å²) in [6.45, 7) is 1.43. The molecule has 0 atom stereocenters. The van der Waals surface area contributed by atoms with Gasteiger partial charge in [-0.1, -0.05) is 12.1 Å². The summed E-state index contributed by atoms with van der Waals surface area (Å²) in [6, 6.07) is 8.28. The Hall–Kier alpha value is -2.56. The van der Waals surface area contributed by atoms with Crippen LogP contribution >= 0.6 is 0 Å². The minimum absolute atomic E-state index is 0.0507. The molecule has 2 N–H and O–H groups in total. The number of carbonyl (C=O) groups is 2. The van der Waals surface area contributed by atoms with Gasteiger partial charge < -0.3 is 14.9 Å². The van der Waals surface area contributed by atoms with E-state index in [4.69, 9.17) is 9.84 Å². The molecule has 2 aromatic rings. The molecule has 5 nitrogen and oxygen atoms in total. The first-order chi connectivity index (χ1) is 9.49. The lowest BCUT2D eigenvalue weighted by Gasteiger charge is -2.09. The van der Waals surface area contributed by atoms with Crippen molar-refractivity contribution in [1.29, 1.82) is 0 Å². The zero-order valence-corrected chi connectivity index (χ0v) is 10.9. The third-order valence-electron chi connectivity index (χ3n) is 2.91. The van der Waals surface area contributed by atoms with E-state index in [1.54, 1.807) is 24.3 Å². The van der Waals surface area contributed by atoms with Crippen molar-refractivity contribution < 1.29 is 24.5 Å². The monoisotopic (exact) mass is 274 g/mol. The number of rotatable bonds is 5.